The minimum atomic E-state index is -0.713. The van der Waals surface area contributed by atoms with Gasteiger partial charge in [0.1, 0.15) is 0 Å². The molecule has 1 aromatic heterocycles. The number of rotatable bonds is 10. The molecule has 2 N–H and O–H groups in total. The number of nitrogens with one attached hydrogen (secondary N) is 1. The molecule has 6 heteroatoms. The molecular formula is C30H40N4O2. The summed E-state index contributed by atoms with van der Waals surface area (Å²) in [6, 6.07) is 18.0. The average Bonchev–Trinajstić information content (AvgIpc) is 2.89. The second kappa shape index (κ2) is 11.7. The van der Waals surface area contributed by atoms with Gasteiger partial charge < -0.3 is 20.1 Å². The molecule has 0 amide bonds. The van der Waals surface area contributed by atoms with E-state index in [2.05, 4.69) is 75.6 Å². The van der Waals surface area contributed by atoms with Crippen molar-refractivity contribution in [2.24, 2.45) is 0 Å². The van der Waals surface area contributed by atoms with Crippen molar-refractivity contribution in [3.8, 4) is 6.01 Å². The van der Waals surface area contributed by atoms with E-state index in [-0.39, 0.29) is 5.92 Å². The molecule has 1 saturated heterocycles. The SMILES string of the molecule is CCOc1ncc(Nc2cc(C(CC)CC(C)(C)O)ccc2N2CCC(c3ccccc3)CC2)cn1. The normalized spacial score (nSPS) is 15.5. The molecule has 2 aromatic carbocycles. The third-order valence-electron chi connectivity index (χ3n) is 7.02. The Hall–Kier alpha value is -3.12. The highest BCUT2D eigenvalue weighted by molar-refractivity contribution is 5.76. The summed E-state index contributed by atoms with van der Waals surface area (Å²) in [7, 11) is 0. The monoisotopic (exact) mass is 488 g/mol. The predicted molar refractivity (Wildman–Crippen MR) is 148 cm³/mol. The van der Waals surface area contributed by atoms with Crippen molar-refractivity contribution in [3.63, 3.8) is 0 Å². The van der Waals surface area contributed by atoms with Crippen LogP contribution in [0.5, 0.6) is 6.01 Å². The van der Waals surface area contributed by atoms with Gasteiger partial charge in [0.2, 0.25) is 0 Å². The maximum Gasteiger partial charge on any atom is 0.316 e. The number of aliphatic hydroxyl groups is 1. The fourth-order valence-corrected chi connectivity index (χ4v) is 5.20. The number of ether oxygens (including phenoxy) is 1. The smallest absolute Gasteiger partial charge is 0.316 e. The Balaban J connectivity index is 1.59. The van der Waals surface area contributed by atoms with E-state index in [0.717, 1.165) is 50.1 Å². The van der Waals surface area contributed by atoms with E-state index in [0.29, 0.717) is 18.5 Å². The summed E-state index contributed by atoms with van der Waals surface area (Å²) in [6.45, 7) is 10.4. The fraction of sp³-hybridized carbons (Fsp3) is 0.467. The molecule has 1 unspecified atom stereocenters. The highest BCUT2D eigenvalue weighted by Gasteiger charge is 2.25. The second-order valence-electron chi connectivity index (χ2n) is 10.4. The Kier molecular flexibility index (Phi) is 8.47. The zero-order chi connectivity index (χ0) is 25.5. The molecule has 1 aliphatic rings. The molecule has 0 aliphatic carbocycles. The quantitative estimate of drug-likeness (QED) is 0.333. The lowest BCUT2D eigenvalue weighted by Gasteiger charge is -2.35. The maximum absolute atomic E-state index is 10.5. The second-order valence-corrected chi connectivity index (χ2v) is 10.4. The van der Waals surface area contributed by atoms with E-state index < -0.39 is 5.60 Å². The summed E-state index contributed by atoms with van der Waals surface area (Å²) < 4.78 is 5.41. The van der Waals surface area contributed by atoms with Gasteiger partial charge in [-0.3, -0.25) is 0 Å². The van der Waals surface area contributed by atoms with Gasteiger partial charge in [-0.2, -0.15) is 0 Å². The van der Waals surface area contributed by atoms with Crippen LogP contribution in [0.25, 0.3) is 0 Å². The molecule has 1 atom stereocenters. The van der Waals surface area contributed by atoms with Crippen LogP contribution in [0.15, 0.2) is 60.9 Å². The Bertz CT molecular complexity index is 1090. The third-order valence-corrected chi connectivity index (χ3v) is 7.02. The van der Waals surface area contributed by atoms with Crippen LogP contribution in [0.1, 0.15) is 76.3 Å². The van der Waals surface area contributed by atoms with Crippen molar-refractivity contribution in [1.29, 1.82) is 0 Å². The first-order valence-electron chi connectivity index (χ1n) is 13.2. The first kappa shape index (κ1) is 26.0. The minimum Gasteiger partial charge on any atom is -0.464 e. The summed E-state index contributed by atoms with van der Waals surface area (Å²) in [6.07, 6.45) is 7.49. The molecule has 36 heavy (non-hydrogen) atoms. The Labute approximate surface area is 215 Å². The van der Waals surface area contributed by atoms with E-state index in [1.54, 1.807) is 12.4 Å². The van der Waals surface area contributed by atoms with E-state index in [1.165, 1.54) is 16.8 Å². The number of anilines is 3. The van der Waals surface area contributed by atoms with Crippen LogP contribution in [0.4, 0.5) is 17.1 Å². The van der Waals surface area contributed by atoms with Gasteiger partial charge in [0.15, 0.2) is 0 Å². The molecule has 6 nitrogen and oxygen atoms in total. The zero-order valence-corrected chi connectivity index (χ0v) is 22.1. The van der Waals surface area contributed by atoms with Crippen LogP contribution in [0.3, 0.4) is 0 Å². The highest BCUT2D eigenvalue weighted by Crippen LogP contribution is 2.38. The van der Waals surface area contributed by atoms with Crippen LogP contribution in [0.2, 0.25) is 0 Å². The average molecular weight is 489 g/mol. The van der Waals surface area contributed by atoms with E-state index in [9.17, 15) is 5.11 Å². The van der Waals surface area contributed by atoms with Gasteiger partial charge in [0.25, 0.3) is 0 Å². The Morgan fingerprint density at radius 2 is 1.75 bits per heavy atom. The number of benzene rings is 2. The fourth-order valence-electron chi connectivity index (χ4n) is 5.20. The van der Waals surface area contributed by atoms with Crippen LogP contribution >= 0.6 is 0 Å². The van der Waals surface area contributed by atoms with Gasteiger partial charge in [-0.05, 0) is 81.5 Å². The van der Waals surface area contributed by atoms with Gasteiger partial charge >= 0.3 is 6.01 Å². The minimum absolute atomic E-state index is 0.278. The van der Waals surface area contributed by atoms with Gasteiger partial charge in [0.05, 0.1) is 41.7 Å². The number of hydrogen-bond acceptors (Lipinski definition) is 6. The Morgan fingerprint density at radius 1 is 1.06 bits per heavy atom. The van der Waals surface area contributed by atoms with Gasteiger partial charge in [0, 0.05) is 13.1 Å². The highest BCUT2D eigenvalue weighted by atomic mass is 16.5. The lowest BCUT2D eigenvalue weighted by Crippen LogP contribution is -2.33. The number of piperidine rings is 1. The predicted octanol–water partition coefficient (Wildman–Crippen LogP) is 6.66. The van der Waals surface area contributed by atoms with Gasteiger partial charge in [-0.1, -0.05) is 43.3 Å². The summed E-state index contributed by atoms with van der Waals surface area (Å²) in [5, 5.41) is 14.1. The largest absolute Gasteiger partial charge is 0.464 e. The maximum atomic E-state index is 10.5. The molecule has 4 rings (SSSR count). The first-order chi connectivity index (χ1) is 17.4. The van der Waals surface area contributed by atoms with Crippen molar-refractivity contribution in [3.05, 3.63) is 72.1 Å². The lowest BCUT2D eigenvalue weighted by atomic mass is 9.85. The van der Waals surface area contributed by atoms with E-state index in [4.69, 9.17) is 4.74 Å². The number of hydrogen-bond donors (Lipinski definition) is 2. The molecule has 2 heterocycles. The van der Waals surface area contributed by atoms with Crippen LogP contribution in [-0.4, -0.2) is 40.4 Å². The molecule has 0 radical (unpaired) electrons. The van der Waals surface area contributed by atoms with Crippen molar-refractivity contribution in [1.82, 2.24) is 9.97 Å². The summed E-state index contributed by atoms with van der Waals surface area (Å²) >= 11 is 0. The van der Waals surface area contributed by atoms with Crippen molar-refractivity contribution in [2.75, 3.05) is 29.9 Å². The molecule has 3 aromatic rings. The van der Waals surface area contributed by atoms with E-state index in [1.807, 2.05) is 20.8 Å². The molecule has 0 bridgehead atoms. The molecule has 192 valence electrons. The molecule has 1 aliphatic heterocycles. The third kappa shape index (κ3) is 6.76. The number of aromatic nitrogens is 2. The first-order valence-corrected chi connectivity index (χ1v) is 13.2. The van der Waals surface area contributed by atoms with Crippen molar-refractivity contribution >= 4 is 17.1 Å². The lowest BCUT2D eigenvalue weighted by molar-refractivity contribution is 0.0624. The molecule has 0 spiro atoms. The number of nitrogens with zero attached hydrogens (tertiary/aromatic N) is 3. The van der Waals surface area contributed by atoms with Crippen LogP contribution in [-0.2, 0) is 0 Å². The molecule has 0 saturated carbocycles. The van der Waals surface area contributed by atoms with Crippen molar-refractivity contribution < 1.29 is 9.84 Å². The molecular weight excluding hydrogens is 448 g/mol. The zero-order valence-electron chi connectivity index (χ0n) is 22.1. The standard InChI is InChI=1S/C30H40N4O2/c1-5-22(19-30(3,4)35)25-12-13-28(27(18-25)33-26-20-31-29(32-21-26)36-6-2)34-16-14-24(15-17-34)23-10-8-7-9-11-23/h7-13,18,20-22,24,33,35H,5-6,14-17,19H2,1-4H3. The molecule has 1 fully saturated rings. The van der Waals surface area contributed by atoms with Gasteiger partial charge in [-0.25, -0.2) is 9.97 Å². The summed E-state index contributed by atoms with van der Waals surface area (Å²) in [4.78, 5) is 11.1. The van der Waals surface area contributed by atoms with E-state index >= 15 is 0 Å². The topological polar surface area (TPSA) is 70.5 Å². The van der Waals surface area contributed by atoms with Crippen LogP contribution < -0.4 is 15.0 Å². The Morgan fingerprint density at radius 3 is 2.36 bits per heavy atom. The summed E-state index contributed by atoms with van der Waals surface area (Å²) in [5.41, 5.74) is 5.03. The summed E-state index contributed by atoms with van der Waals surface area (Å²) in [5.74, 6) is 0.883. The van der Waals surface area contributed by atoms with Gasteiger partial charge in [-0.15, -0.1) is 0 Å². The van der Waals surface area contributed by atoms with Crippen LogP contribution in [0, 0.1) is 0 Å². The van der Waals surface area contributed by atoms with Crippen molar-refractivity contribution in [2.45, 2.75) is 70.8 Å².